The van der Waals surface area contributed by atoms with E-state index in [0.29, 0.717) is 10.6 Å². The van der Waals surface area contributed by atoms with Crippen LogP contribution < -0.4 is 5.32 Å². The zero-order valence-electron chi connectivity index (χ0n) is 9.62. The molecule has 4 nitrogen and oxygen atoms in total. The van der Waals surface area contributed by atoms with Crippen molar-refractivity contribution in [2.24, 2.45) is 0 Å². The number of carbonyl (C=O) groups is 2. The van der Waals surface area contributed by atoms with Crippen LogP contribution in [0.2, 0.25) is 5.02 Å². The van der Waals surface area contributed by atoms with E-state index >= 15 is 0 Å². The minimum absolute atomic E-state index is 0.505. The maximum atomic E-state index is 11.4. The van der Waals surface area contributed by atoms with Crippen LogP contribution in [0.4, 0.5) is 4.79 Å². The number of halogens is 4. The number of alkyl halides is 3. The normalized spacial score (nSPS) is 12.7. The third-order valence-corrected chi connectivity index (χ3v) is 2.82. The van der Waals surface area contributed by atoms with Gasteiger partial charge in [-0.05, 0) is 24.6 Å². The first-order valence-electron chi connectivity index (χ1n) is 5.04. The highest BCUT2D eigenvalue weighted by Crippen LogP contribution is 2.26. The zero-order valence-corrected chi connectivity index (χ0v) is 12.6. The molecular weight excluding hydrogens is 336 g/mol. The van der Waals surface area contributed by atoms with Gasteiger partial charge < -0.3 is 4.74 Å². The average Bonchev–Trinajstić information content (AvgIpc) is 2.27. The number of rotatable bonds is 2. The van der Waals surface area contributed by atoms with E-state index in [9.17, 15) is 9.59 Å². The Morgan fingerprint density at radius 1 is 1.32 bits per heavy atom. The van der Waals surface area contributed by atoms with Gasteiger partial charge in [0.25, 0.3) is 9.70 Å². The van der Waals surface area contributed by atoms with Gasteiger partial charge in [0.1, 0.15) is 6.10 Å². The van der Waals surface area contributed by atoms with E-state index < -0.39 is 21.9 Å². The molecule has 1 N–H and O–H groups in total. The first-order valence-corrected chi connectivity index (χ1v) is 6.55. The highest BCUT2D eigenvalue weighted by molar-refractivity contribution is 6.76. The lowest BCUT2D eigenvalue weighted by Crippen LogP contribution is -2.39. The zero-order chi connectivity index (χ0) is 14.6. The maximum Gasteiger partial charge on any atom is 0.414 e. The van der Waals surface area contributed by atoms with Gasteiger partial charge in [0.15, 0.2) is 0 Å². The standard InChI is InChI=1S/C11H9Cl4NO3/c1-6(7-3-2-4-8(12)5-7)19-10(18)16-9(17)11(13,14)15/h2-6H,1H3,(H,16,17,18). The largest absolute Gasteiger partial charge is 0.441 e. The Hall–Kier alpha value is -0.680. The van der Waals surface area contributed by atoms with Crippen LogP contribution >= 0.6 is 46.4 Å². The van der Waals surface area contributed by atoms with Crippen LogP contribution in [0.15, 0.2) is 24.3 Å². The number of amides is 2. The van der Waals surface area contributed by atoms with Gasteiger partial charge in [0.05, 0.1) is 0 Å². The van der Waals surface area contributed by atoms with E-state index in [1.807, 2.05) is 0 Å². The van der Waals surface area contributed by atoms with Crippen LogP contribution in [0.3, 0.4) is 0 Å². The molecule has 1 rings (SSSR count). The second-order valence-corrected chi connectivity index (χ2v) is 6.27. The summed E-state index contributed by atoms with van der Waals surface area (Å²) in [5.41, 5.74) is 0.670. The molecule has 0 fully saturated rings. The van der Waals surface area contributed by atoms with Crippen molar-refractivity contribution < 1.29 is 14.3 Å². The number of hydrogen-bond donors (Lipinski definition) is 1. The molecule has 1 atom stereocenters. The van der Waals surface area contributed by atoms with Crippen molar-refractivity contribution in [3.8, 4) is 0 Å². The number of carbonyl (C=O) groups excluding carboxylic acids is 2. The van der Waals surface area contributed by atoms with Gasteiger partial charge in [-0.1, -0.05) is 58.5 Å². The number of benzene rings is 1. The highest BCUT2D eigenvalue weighted by atomic mass is 35.6. The Balaban J connectivity index is 2.60. The van der Waals surface area contributed by atoms with Crippen molar-refractivity contribution in [1.82, 2.24) is 5.32 Å². The fourth-order valence-electron chi connectivity index (χ4n) is 1.18. The molecule has 0 aliphatic carbocycles. The van der Waals surface area contributed by atoms with Crippen LogP contribution in [-0.4, -0.2) is 15.8 Å². The lowest BCUT2D eigenvalue weighted by molar-refractivity contribution is -0.119. The van der Waals surface area contributed by atoms with E-state index in [0.717, 1.165) is 0 Å². The molecule has 2 amide bonds. The fourth-order valence-corrected chi connectivity index (χ4v) is 1.52. The topological polar surface area (TPSA) is 55.4 Å². The van der Waals surface area contributed by atoms with Gasteiger partial charge in [0.2, 0.25) is 0 Å². The SMILES string of the molecule is CC(OC(=O)NC(=O)C(Cl)(Cl)Cl)c1cccc(Cl)c1. The smallest absolute Gasteiger partial charge is 0.414 e. The summed E-state index contributed by atoms with van der Waals surface area (Å²) in [5.74, 6) is -1.08. The number of ether oxygens (including phenoxy) is 1. The molecule has 0 aliphatic rings. The summed E-state index contributed by atoms with van der Waals surface area (Å²) in [6.07, 6.45) is -1.62. The summed E-state index contributed by atoms with van der Waals surface area (Å²) in [4.78, 5) is 22.6. The van der Waals surface area contributed by atoms with Gasteiger partial charge in [-0.25, -0.2) is 4.79 Å². The second-order valence-electron chi connectivity index (χ2n) is 3.55. The summed E-state index contributed by atoms with van der Waals surface area (Å²) in [5, 5.41) is 2.31. The van der Waals surface area contributed by atoms with Crippen molar-refractivity contribution in [2.45, 2.75) is 16.8 Å². The minimum Gasteiger partial charge on any atom is -0.441 e. The van der Waals surface area contributed by atoms with E-state index in [1.165, 1.54) is 0 Å². The molecule has 0 aromatic heterocycles. The van der Waals surface area contributed by atoms with Gasteiger partial charge in [0, 0.05) is 5.02 Å². The monoisotopic (exact) mass is 343 g/mol. The van der Waals surface area contributed by atoms with Crippen LogP contribution in [-0.2, 0) is 9.53 Å². The van der Waals surface area contributed by atoms with Crippen LogP contribution in [0.25, 0.3) is 0 Å². The molecule has 1 aromatic rings. The van der Waals surface area contributed by atoms with E-state index in [1.54, 1.807) is 36.5 Å². The van der Waals surface area contributed by atoms with Crippen molar-refractivity contribution >= 4 is 58.4 Å². The van der Waals surface area contributed by atoms with Crippen LogP contribution in [0.5, 0.6) is 0 Å². The van der Waals surface area contributed by atoms with Crippen molar-refractivity contribution in [3.05, 3.63) is 34.9 Å². The van der Waals surface area contributed by atoms with Gasteiger partial charge in [-0.2, -0.15) is 0 Å². The van der Waals surface area contributed by atoms with Crippen LogP contribution in [0.1, 0.15) is 18.6 Å². The predicted octanol–water partition coefficient (Wildman–Crippen LogP) is 4.02. The summed E-state index contributed by atoms with van der Waals surface area (Å²) < 4.78 is 2.73. The van der Waals surface area contributed by atoms with Gasteiger partial charge in [-0.15, -0.1) is 0 Å². The fraction of sp³-hybridized carbons (Fsp3) is 0.273. The Bertz CT molecular complexity index is 487. The van der Waals surface area contributed by atoms with E-state index in [4.69, 9.17) is 51.1 Å². The van der Waals surface area contributed by atoms with Crippen molar-refractivity contribution in [3.63, 3.8) is 0 Å². The summed E-state index contributed by atoms with van der Waals surface area (Å²) in [6.45, 7) is 1.62. The molecule has 19 heavy (non-hydrogen) atoms. The molecule has 0 saturated heterocycles. The molecule has 104 valence electrons. The van der Waals surface area contributed by atoms with E-state index in [-0.39, 0.29) is 0 Å². The molecule has 0 radical (unpaired) electrons. The first-order chi connectivity index (χ1) is 8.70. The van der Waals surface area contributed by atoms with Crippen LogP contribution in [0, 0.1) is 0 Å². The third kappa shape index (κ3) is 5.45. The third-order valence-electron chi connectivity index (χ3n) is 2.07. The Morgan fingerprint density at radius 2 is 1.95 bits per heavy atom. The minimum atomic E-state index is -2.22. The molecule has 1 aromatic carbocycles. The Kier molecular flexibility index (Phi) is 5.74. The van der Waals surface area contributed by atoms with Crippen molar-refractivity contribution in [2.75, 3.05) is 0 Å². The predicted molar refractivity (Wildman–Crippen MR) is 74.8 cm³/mol. The maximum absolute atomic E-state index is 11.4. The van der Waals surface area contributed by atoms with E-state index in [2.05, 4.69) is 0 Å². The quantitative estimate of drug-likeness (QED) is 0.824. The highest BCUT2D eigenvalue weighted by Gasteiger charge is 2.32. The molecule has 0 bridgehead atoms. The Labute approximate surface area is 129 Å². The molecule has 0 aliphatic heterocycles. The lowest BCUT2D eigenvalue weighted by atomic mass is 10.1. The molecule has 0 heterocycles. The molecule has 8 heteroatoms. The second kappa shape index (κ2) is 6.66. The number of nitrogens with one attached hydrogen (secondary N) is 1. The Morgan fingerprint density at radius 3 is 2.47 bits per heavy atom. The van der Waals surface area contributed by atoms with Gasteiger partial charge >= 0.3 is 6.09 Å². The summed E-state index contributed by atoms with van der Waals surface area (Å²) >= 11 is 21.7. The number of hydrogen-bond acceptors (Lipinski definition) is 3. The van der Waals surface area contributed by atoms with Crippen molar-refractivity contribution in [1.29, 1.82) is 0 Å². The molecular formula is C11H9Cl4NO3. The van der Waals surface area contributed by atoms with Gasteiger partial charge in [-0.3, -0.25) is 10.1 Å². The first kappa shape index (κ1) is 16.4. The molecule has 0 saturated carbocycles. The summed E-state index contributed by atoms with van der Waals surface area (Å²) in [6, 6.07) is 6.75. The number of imide groups is 1. The lowest BCUT2D eigenvalue weighted by Gasteiger charge is -2.15. The average molecular weight is 345 g/mol. The summed E-state index contributed by atoms with van der Waals surface area (Å²) in [7, 11) is 0. The molecule has 0 spiro atoms. The number of alkyl carbamates (subject to hydrolysis) is 1. The molecule has 1 unspecified atom stereocenters.